The smallest absolute Gasteiger partial charge is 0.244 e. The summed E-state index contributed by atoms with van der Waals surface area (Å²) in [6.45, 7) is 4.28. The van der Waals surface area contributed by atoms with Crippen LogP contribution in [0.15, 0.2) is 24.3 Å². The Kier molecular flexibility index (Phi) is 5.22. The highest BCUT2D eigenvalue weighted by Gasteiger charge is 2.13. The quantitative estimate of drug-likeness (QED) is 0.786. The first-order chi connectivity index (χ1) is 10.1. The van der Waals surface area contributed by atoms with Crippen molar-refractivity contribution in [3.63, 3.8) is 0 Å². The molecule has 0 aromatic heterocycles. The van der Waals surface area contributed by atoms with Crippen LogP contribution in [-0.2, 0) is 4.79 Å². The molecule has 1 aromatic rings. The Morgan fingerprint density at radius 1 is 1.38 bits per heavy atom. The van der Waals surface area contributed by atoms with Crippen LogP contribution in [0.25, 0.3) is 6.08 Å². The molecule has 0 saturated heterocycles. The van der Waals surface area contributed by atoms with Gasteiger partial charge in [0.1, 0.15) is 0 Å². The largest absolute Gasteiger partial charge is 0.454 e. The Morgan fingerprint density at radius 3 is 2.86 bits per heavy atom. The molecule has 1 amide bonds. The SMILES string of the molecule is CC(C)CC(CO)NC(=O)/C=C/c1ccc2c(c1)OCO2. The van der Waals surface area contributed by atoms with Gasteiger partial charge in [-0.15, -0.1) is 0 Å². The molecule has 1 aliphatic heterocycles. The maximum atomic E-state index is 11.8. The minimum absolute atomic E-state index is 0.0538. The van der Waals surface area contributed by atoms with Gasteiger partial charge in [0, 0.05) is 6.08 Å². The third kappa shape index (κ3) is 4.49. The molecule has 21 heavy (non-hydrogen) atoms. The zero-order valence-corrected chi connectivity index (χ0v) is 12.3. The van der Waals surface area contributed by atoms with E-state index >= 15 is 0 Å². The molecule has 1 unspecified atom stereocenters. The molecule has 114 valence electrons. The van der Waals surface area contributed by atoms with E-state index in [-0.39, 0.29) is 25.3 Å². The van der Waals surface area contributed by atoms with Crippen molar-refractivity contribution in [2.24, 2.45) is 5.92 Å². The Labute approximate surface area is 124 Å². The number of benzene rings is 1. The number of fused-ring (bicyclic) bond motifs is 1. The van der Waals surface area contributed by atoms with E-state index < -0.39 is 0 Å². The maximum Gasteiger partial charge on any atom is 0.244 e. The van der Waals surface area contributed by atoms with E-state index in [0.29, 0.717) is 17.4 Å². The second-order valence-corrected chi connectivity index (χ2v) is 5.46. The van der Waals surface area contributed by atoms with Gasteiger partial charge >= 0.3 is 0 Å². The minimum Gasteiger partial charge on any atom is -0.454 e. The molecule has 1 aromatic carbocycles. The van der Waals surface area contributed by atoms with Crippen molar-refractivity contribution in [2.45, 2.75) is 26.3 Å². The van der Waals surface area contributed by atoms with Gasteiger partial charge in [-0.05, 0) is 36.1 Å². The molecule has 0 bridgehead atoms. The van der Waals surface area contributed by atoms with Crippen LogP contribution in [0.2, 0.25) is 0 Å². The van der Waals surface area contributed by atoms with Crippen LogP contribution in [0.3, 0.4) is 0 Å². The van der Waals surface area contributed by atoms with Crippen molar-refractivity contribution < 1.29 is 19.4 Å². The Balaban J connectivity index is 1.92. The summed E-state index contributed by atoms with van der Waals surface area (Å²) in [5.74, 6) is 1.60. The van der Waals surface area contributed by atoms with Crippen LogP contribution in [0.5, 0.6) is 11.5 Å². The highest BCUT2D eigenvalue weighted by atomic mass is 16.7. The Bertz CT molecular complexity index is 525. The van der Waals surface area contributed by atoms with Gasteiger partial charge in [-0.25, -0.2) is 0 Å². The Morgan fingerprint density at radius 2 is 2.14 bits per heavy atom. The highest BCUT2D eigenvalue weighted by Crippen LogP contribution is 2.32. The first-order valence-corrected chi connectivity index (χ1v) is 7.07. The van der Waals surface area contributed by atoms with Gasteiger partial charge in [0.25, 0.3) is 0 Å². The molecule has 5 nitrogen and oxygen atoms in total. The first-order valence-electron chi connectivity index (χ1n) is 7.07. The average Bonchev–Trinajstić information content (AvgIpc) is 2.91. The maximum absolute atomic E-state index is 11.8. The van der Waals surface area contributed by atoms with Crippen LogP contribution in [0, 0.1) is 5.92 Å². The van der Waals surface area contributed by atoms with Crippen molar-refractivity contribution in [3.05, 3.63) is 29.8 Å². The number of carbonyl (C=O) groups is 1. The lowest BCUT2D eigenvalue weighted by atomic mass is 10.0. The molecule has 0 aliphatic carbocycles. The van der Waals surface area contributed by atoms with Crippen molar-refractivity contribution >= 4 is 12.0 Å². The lowest BCUT2D eigenvalue weighted by Gasteiger charge is -2.17. The number of rotatable bonds is 6. The second-order valence-electron chi connectivity index (χ2n) is 5.46. The number of amides is 1. The van der Waals surface area contributed by atoms with Crippen molar-refractivity contribution in [2.75, 3.05) is 13.4 Å². The second kappa shape index (κ2) is 7.13. The third-order valence-corrected chi connectivity index (χ3v) is 3.15. The van der Waals surface area contributed by atoms with Gasteiger partial charge in [0.15, 0.2) is 11.5 Å². The molecule has 1 heterocycles. The topological polar surface area (TPSA) is 67.8 Å². The van der Waals surface area contributed by atoms with Crippen molar-refractivity contribution in [3.8, 4) is 11.5 Å². The summed E-state index contributed by atoms with van der Waals surface area (Å²) in [5, 5.41) is 12.0. The van der Waals surface area contributed by atoms with E-state index in [2.05, 4.69) is 19.2 Å². The number of aliphatic hydroxyl groups excluding tert-OH is 1. The summed E-state index contributed by atoms with van der Waals surface area (Å²) in [6.07, 6.45) is 3.92. The van der Waals surface area contributed by atoms with E-state index in [1.807, 2.05) is 18.2 Å². The number of aliphatic hydroxyl groups is 1. The number of hydrogen-bond acceptors (Lipinski definition) is 4. The number of nitrogens with one attached hydrogen (secondary N) is 1. The predicted molar refractivity (Wildman–Crippen MR) is 80.1 cm³/mol. The van der Waals surface area contributed by atoms with E-state index in [0.717, 1.165) is 12.0 Å². The fraction of sp³-hybridized carbons (Fsp3) is 0.438. The molecular formula is C16H21NO4. The predicted octanol–water partition coefficient (Wildman–Crippen LogP) is 1.95. The average molecular weight is 291 g/mol. The number of carbonyl (C=O) groups excluding carboxylic acids is 1. The van der Waals surface area contributed by atoms with E-state index in [9.17, 15) is 9.90 Å². The molecule has 1 aliphatic rings. The fourth-order valence-electron chi connectivity index (χ4n) is 2.19. The van der Waals surface area contributed by atoms with Crippen LogP contribution >= 0.6 is 0 Å². The van der Waals surface area contributed by atoms with E-state index in [1.165, 1.54) is 6.08 Å². The fourth-order valence-corrected chi connectivity index (χ4v) is 2.19. The molecule has 2 N–H and O–H groups in total. The van der Waals surface area contributed by atoms with Gasteiger partial charge in [0.2, 0.25) is 12.7 Å². The molecule has 0 saturated carbocycles. The standard InChI is InChI=1S/C16H21NO4/c1-11(2)7-13(9-18)17-16(19)6-4-12-3-5-14-15(8-12)21-10-20-14/h3-6,8,11,13,18H,7,9-10H2,1-2H3,(H,17,19)/b6-4+. The Hall–Kier alpha value is -2.01. The lowest BCUT2D eigenvalue weighted by Crippen LogP contribution is -2.37. The van der Waals surface area contributed by atoms with Crippen LogP contribution in [0.1, 0.15) is 25.8 Å². The zero-order chi connectivity index (χ0) is 15.2. The van der Waals surface area contributed by atoms with E-state index in [4.69, 9.17) is 9.47 Å². The highest BCUT2D eigenvalue weighted by molar-refractivity contribution is 5.92. The lowest BCUT2D eigenvalue weighted by molar-refractivity contribution is -0.117. The van der Waals surface area contributed by atoms with Crippen LogP contribution < -0.4 is 14.8 Å². The molecule has 0 radical (unpaired) electrons. The molecule has 0 spiro atoms. The molecule has 5 heteroatoms. The summed E-state index contributed by atoms with van der Waals surface area (Å²) in [7, 11) is 0. The van der Waals surface area contributed by atoms with Gasteiger partial charge in [-0.2, -0.15) is 0 Å². The summed E-state index contributed by atoms with van der Waals surface area (Å²) in [4.78, 5) is 11.8. The molecule has 1 atom stereocenters. The summed E-state index contributed by atoms with van der Waals surface area (Å²) in [6, 6.07) is 5.28. The van der Waals surface area contributed by atoms with Gasteiger partial charge < -0.3 is 19.9 Å². The zero-order valence-electron chi connectivity index (χ0n) is 12.3. The summed E-state index contributed by atoms with van der Waals surface area (Å²) < 4.78 is 10.5. The molecular weight excluding hydrogens is 270 g/mol. The summed E-state index contributed by atoms with van der Waals surface area (Å²) in [5.41, 5.74) is 0.860. The van der Waals surface area contributed by atoms with Crippen LogP contribution in [-0.4, -0.2) is 30.5 Å². The molecule has 2 rings (SSSR count). The van der Waals surface area contributed by atoms with Crippen molar-refractivity contribution in [1.29, 1.82) is 0 Å². The van der Waals surface area contributed by atoms with Gasteiger partial charge in [0.05, 0.1) is 12.6 Å². The van der Waals surface area contributed by atoms with Gasteiger partial charge in [-0.3, -0.25) is 4.79 Å². The van der Waals surface area contributed by atoms with Gasteiger partial charge in [-0.1, -0.05) is 19.9 Å². The van der Waals surface area contributed by atoms with E-state index in [1.54, 1.807) is 6.08 Å². The van der Waals surface area contributed by atoms with Crippen molar-refractivity contribution in [1.82, 2.24) is 5.32 Å². The number of hydrogen-bond donors (Lipinski definition) is 2. The first kappa shape index (κ1) is 15.4. The van der Waals surface area contributed by atoms with Crippen LogP contribution in [0.4, 0.5) is 0 Å². The minimum atomic E-state index is -0.215. The monoisotopic (exact) mass is 291 g/mol. The number of ether oxygens (including phenoxy) is 2. The normalized spacial score (nSPS) is 14.7. The third-order valence-electron chi connectivity index (χ3n) is 3.15. The molecule has 0 fully saturated rings. The summed E-state index contributed by atoms with van der Waals surface area (Å²) >= 11 is 0.